The van der Waals surface area contributed by atoms with E-state index in [2.05, 4.69) is 0 Å². The van der Waals surface area contributed by atoms with Crippen LogP contribution in [0.3, 0.4) is 0 Å². The molecular weight excluding hydrogens is 307 g/mol. The lowest BCUT2D eigenvalue weighted by atomic mass is 10.2. The number of halogens is 1. The summed E-state index contributed by atoms with van der Waals surface area (Å²) in [6, 6.07) is 10.7. The fourth-order valence-electron chi connectivity index (χ4n) is 2.11. The summed E-state index contributed by atoms with van der Waals surface area (Å²) in [4.78, 5) is 12.8. The minimum atomic E-state index is -1.04. The minimum Gasteiger partial charge on any atom is -0.365 e. The van der Waals surface area contributed by atoms with Gasteiger partial charge in [-0.3, -0.25) is 14.3 Å². The Bertz CT molecular complexity index is 719. The zero-order valence-electron chi connectivity index (χ0n) is 12.2. The maximum Gasteiger partial charge on any atom is 0.295 e. The Morgan fingerprint density at radius 2 is 1.86 bits per heavy atom. The zero-order chi connectivity index (χ0) is 16.3. The molecule has 7 heteroatoms. The van der Waals surface area contributed by atoms with Gasteiger partial charge in [-0.1, -0.05) is 12.1 Å². The van der Waals surface area contributed by atoms with Crippen LogP contribution >= 0.6 is 0 Å². The van der Waals surface area contributed by atoms with Crippen molar-refractivity contribution in [2.24, 2.45) is 0 Å². The number of nitro benzene ring substituents is 1. The lowest BCUT2D eigenvalue weighted by molar-refractivity contribution is -0.384. The van der Waals surface area contributed by atoms with Gasteiger partial charge in [-0.05, 0) is 29.8 Å². The molecule has 0 aromatic heterocycles. The van der Waals surface area contributed by atoms with E-state index in [9.17, 15) is 18.7 Å². The molecule has 2 aromatic rings. The molecule has 22 heavy (non-hydrogen) atoms. The first-order valence-electron chi connectivity index (χ1n) is 6.46. The molecule has 0 radical (unpaired) electrons. The summed E-state index contributed by atoms with van der Waals surface area (Å²) in [5.41, 5.74) is 0.985. The Balaban J connectivity index is 2.23. The number of nitro groups is 1. The molecule has 0 heterocycles. The van der Waals surface area contributed by atoms with Crippen LogP contribution in [0.1, 0.15) is 5.56 Å². The molecule has 2 aromatic carbocycles. The smallest absolute Gasteiger partial charge is 0.295 e. The van der Waals surface area contributed by atoms with Crippen molar-refractivity contribution < 1.29 is 13.5 Å². The second-order valence-corrected chi connectivity index (χ2v) is 6.22. The van der Waals surface area contributed by atoms with Gasteiger partial charge in [0.15, 0.2) is 0 Å². The highest BCUT2D eigenvalue weighted by molar-refractivity contribution is 7.84. The highest BCUT2D eigenvalue weighted by Crippen LogP contribution is 2.29. The molecule has 0 saturated carbocycles. The minimum absolute atomic E-state index is 0.270. The summed E-state index contributed by atoms with van der Waals surface area (Å²) in [6.07, 6.45) is 1.60. The predicted molar refractivity (Wildman–Crippen MR) is 83.9 cm³/mol. The number of hydrogen-bond donors (Lipinski definition) is 0. The van der Waals surface area contributed by atoms with Crippen molar-refractivity contribution in [3.8, 4) is 0 Å². The normalized spacial score (nSPS) is 12.0. The van der Waals surface area contributed by atoms with Gasteiger partial charge >= 0.3 is 0 Å². The van der Waals surface area contributed by atoms with Gasteiger partial charge < -0.3 is 4.90 Å². The van der Waals surface area contributed by atoms with Crippen LogP contribution in [-0.2, 0) is 17.3 Å². The van der Waals surface area contributed by atoms with Gasteiger partial charge in [0.2, 0.25) is 0 Å². The van der Waals surface area contributed by atoms with E-state index < -0.39 is 21.5 Å². The maximum atomic E-state index is 13.2. The van der Waals surface area contributed by atoms with Gasteiger partial charge in [0.1, 0.15) is 11.5 Å². The van der Waals surface area contributed by atoms with Gasteiger partial charge in [-0.15, -0.1) is 0 Å². The molecule has 0 bridgehead atoms. The predicted octanol–water partition coefficient (Wildman–Crippen LogP) is 3.11. The van der Waals surface area contributed by atoms with Gasteiger partial charge in [0.05, 0.1) is 11.0 Å². The van der Waals surface area contributed by atoms with Crippen molar-refractivity contribution in [2.45, 2.75) is 11.4 Å². The average molecular weight is 322 g/mol. The first-order valence-corrected chi connectivity index (χ1v) is 8.01. The zero-order valence-corrected chi connectivity index (χ0v) is 13.0. The third-order valence-corrected chi connectivity index (χ3v) is 4.16. The van der Waals surface area contributed by atoms with Crippen LogP contribution in [0, 0.1) is 15.9 Å². The lowest BCUT2D eigenvalue weighted by Crippen LogP contribution is -2.17. The molecule has 116 valence electrons. The van der Waals surface area contributed by atoms with Crippen molar-refractivity contribution in [3.63, 3.8) is 0 Å². The maximum absolute atomic E-state index is 13.2. The van der Waals surface area contributed by atoms with Crippen LogP contribution in [-0.4, -0.2) is 22.4 Å². The molecule has 0 aliphatic rings. The average Bonchev–Trinajstić information content (AvgIpc) is 2.47. The largest absolute Gasteiger partial charge is 0.365 e. The molecule has 0 unspecified atom stereocenters. The third-order valence-electron chi connectivity index (χ3n) is 3.22. The molecule has 0 spiro atoms. The van der Waals surface area contributed by atoms with Crippen LogP contribution in [0.25, 0.3) is 0 Å². The van der Waals surface area contributed by atoms with E-state index in [4.69, 9.17) is 0 Å². The first-order chi connectivity index (χ1) is 10.4. The van der Waals surface area contributed by atoms with Crippen LogP contribution in [0.15, 0.2) is 47.4 Å². The number of benzene rings is 2. The van der Waals surface area contributed by atoms with E-state index in [0.717, 1.165) is 16.5 Å². The number of nitrogens with zero attached hydrogens (tertiary/aromatic N) is 2. The molecule has 0 aliphatic carbocycles. The molecule has 0 saturated heterocycles. The summed E-state index contributed by atoms with van der Waals surface area (Å²) >= 11 is 0. The van der Waals surface area contributed by atoms with E-state index in [1.807, 2.05) is 12.1 Å². The number of anilines is 1. The van der Waals surface area contributed by atoms with E-state index in [1.165, 1.54) is 12.1 Å². The second kappa shape index (κ2) is 6.65. The summed E-state index contributed by atoms with van der Waals surface area (Å²) < 4.78 is 24.5. The SMILES string of the molecule is CN(Cc1ccc([S@](C)=O)cc1)c1ccc(F)cc1[N+](=O)[O-]. The topological polar surface area (TPSA) is 63.5 Å². The third kappa shape index (κ3) is 3.67. The number of rotatable bonds is 5. The van der Waals surface area contributed by atoms with Gasteiger partial charge in [-0.2, -0.15) is 0 Å². The van der Waals surface area contributed by atoms with Crippen LogP contribution in [0.4, 0.5) is 15.8 Å². The van der Waals surface area contributed by atoms with Crippen molar-refractivity contribution in [2.75, 3.05) is 18.2 Å². The van der Waals surface area contributed by atoms with Gasteiger partial charge in [0, 0.05) is 35.5 Å². The standard InChI is InChI=1S/C15H15FN2O3S/c1-17(10-11-3-6-13(7-4-11)22(2)21)14-8-5-12(16)9-15(14)18(19)20/h3-9H,10H2,1-2H3/t22-/m0/s1. The summed E-state index contributed by atoms with van der Waals surface area (Å²) in [5.74, 6) is -0.640. The van der Waals surface area contributed by atoms with Crippen molar-refractivity contribution in [1.82, 2.24) is 0 Å². The van der Waals surface area contributed by atoms with Crippen LogP contribution in [0.2, 0.25) is 0 Å². The Labute approximate surface area is 130 Å². The lowest BCUT2D eigenvalue weighted by Gasteiger charge is -2.19. The molecule has 5 nitrogen and oxygen atoms in total. The first kappa shape index (κ1) is 16.1. The fourth-order valence-corrected chi connectivity index (χ4v) is 2.63. The molecule has 0 fully saturated rings. The van der Waals surface area contributed by atoms with E-state index in [-0.39, 0.29) is 5.69 Å². The van der Waals surface area contributed by atoms with Gasteiger partial charge in [0.25, 0.3) is 5.69 Å². The van der Waals surface area contributed by atoms with Crippen molar-refractivity contribution >= 4 is 22.2 Å². The van der Waals surface area contributed by atoms with E-state index >= 15 is 0 Å². The summed E-state index contributed by atoms with van der Waals surface area (Å²) in [7, 11) is 0.658. The van der Waals surface area contributed by atoms with E-state index in [1.54, 1.807) is 30.3 Å². The second-order valence-electron chi connectivity index (χ2n) is 4.84. The van der Waals surface area contributed by atoms with Crippen molar-refractivity contribution in [3.05, 3.63) is 64.0 Å². The Morgan fingerprint density at radius 3 is 2.41 bits per heavy atom. The molecule has 0 aliphatic heterocycles. The Kier molecular flexibility index (Phi) is 4.87. The van der Waals surface area contributed by atoms with Gasteiger partial charge in [-0.25, -0.2) is 4.39 Å². The Morgan fingerprint density at radius 1 is 1.23 bits per heavy atom. The molecular formula is C15H15FN2O3S. The quantitative estimate of drug-likeness (QED) is 0.627. The van der Waals surface area contributed by atoms with E-state index in [0.29, 0.717) is 12.2 Å². The Hall–Kier alpha value is -2.28. The molecule has 1 atom stereocenters. The summed E-state index contributed by atoms with van der Waals surface area (Å²) in [6.45, 7) is 0.420. The van der Waals surface area contributed by atoms with Crippen LogP contribution in [0.5, 0.6) is 0 Å². The number of hydrogen-bond acceptors (Lipinski definition) is 4. The monoisotopic (exact) mass is 322 g/mol. The highest BCUT2D eigenvalue weighted by atomic mass is 32.2. The molecule has 2 rings (SSSR count). The van der Waals surface area contributed by atoms with Crippen LogP contribution < -0.4 is 4.90 Å². The highest BCUT2D eigenvalue weighted by Gasteiger charge is 2.18. The molecule has 0 N–H and O–H groups in total. The fraction of sp³-hybridized carbons (Fsp3) is 0.200. The molecule has 0 amide bonds. The summed E-state index contributed by atoms with van der Waals surface area (Å²) in [5, 5.41) is 11.0. The van der Waals surface area contributed by atoms with Crippen molar-refractivity contribution in [1.29, 1.82) is 0 Å².